The number of halogens is 5. The summed E-state index contributed by atoms with van der Waals surface area (Å²) in [5.41, 5.74) is -1.40. The highest BCUT2D eigenvalue weighted by Gasteiger charge is 2.34. The van der Waals surface area contributed by atoms with E-state index in [1.54, 1.807) is 19.9 Å². The molecule has 3 rings (SSSR count). The van der Waals surface area contributed by atoms with E-state index >= 15 is 0 Å². The van der Waals surface area contributed by atoms with Crippen LogP contribution in [0.1, 0.15) is 59.2 Å². The number of methoxy groups -OCH3 is 1. The van der Waals surface area contributed by atoms with Crippen molar-refractivity contribution in [3.8, 4) is 5.75 Å². The van der Waals surface area contributed by atoms with Crippen LogP contribution in [0.15, 0.2) is 47.3 Å². The lowest BCUT2D eigenvalue weighted by atomic mass is 9.83. The number of ether oxygens (including phenoxy) is 1. The van der Waals surface area contributed by atoms with Gasteiger partial charge in [-0.1, -0.05) is 26.0 Å². The van der Waals surface area contributed by atoms with Crippen LogP contribution in [0.4, 0.5) is 22.0 Å². The van der Waals surface area contributed by atoms with Gasteiger partial charge >= 0.3 is 6.18 Å². The average molecular weight is 494 g/mol. The second-order valence-corrected chi connectivity index (χ2v) is 8.44. The summed E-state index contributed by atoms with van der Waals surface area (Å²) in [4.78, 5) is 31.8. The Hall–Kier alpha value is -3.56. The molecule has 0 radical (unpaired) electrons. The van der Waals surface area contributed by atoms with E-state index in [4.69, 9.17) is 4.74 Å². The zero-order valence-corrected chi connectivity index (χ0v) is 19.2. The summed E-state index contributed by atoms with van der Waals surface area (Å²) in [6.07, 6.45) is -4.99. The van der Waals surface area contributed by atoms with Crippen LogP contribution in [0.5, 0.6) is 5.75 Å². The zero-order chi connectivity index (χ0) is 25.9. The van der Waals surface area contributed by atoms with Crippen molar-refractivity contribution >= 4 is 5.78 Å². The second-order valence-electron chi connectivity index (χ2n) is 8.44. The number of hydrogen-bond donors (Lipinski definition) is 1. The summed E-state index contributed by atoms with van der Waals surface area (Å²) in [6, 6.07) is 7.85. The topological polar surface area (TPSA) is 72.0 Å². The molecule has 0 aliphatic rings. The lowest BCUT2D eigenvalue weighted by Crippen LogP contribution is -2.19. The van der Waals surface area contributed by atoms with Crippen molar-refractivity contribution in [1.82, 2.24) is 9.97 Å². The molecule has 0 aliphatic heterocycles. The van der Waals surface area contributed by atoms with Crippen LogP contribution in [0.3, 0.4) is 0 Å². The third-order valence-electron chi connectivity index (χ3n) is 5.60. The molecular weight excluding hydrogens is 471 g/mol. The maximum absolute atomic E-state index is 14.1. The van der Waals surface area contributed by atoms with E-state index in [0.29, 0.717) is 11.6 Å². The van der Waals surface area contributed by atoms with E-state index in [0.717, 1.165) is 18.2 Å². The van der Waals surface area contributed by atoms with Crippen molar-refractivity contribution in [1.29, 1.82) is 0 Å². The standard InChI is InChI=1S/C25H23F5N2O3/c1-13(2)16(15-5-6-17(18(26)10-15)25(28,29)30)11-21(33)20-12-24(34)32-23(31-20)9-14-4-7-22(35-3)19(27)8-14/h4-8,10,12-13,16H,9,11H2,1-3H3,(H,31,32,34)/t16-/m1/s1. The minimum atomic E-state index is -4.83. The number of nitrogens with zero attached hydrogens (tertiary/aromatic N) is 1. The minimum Gasteiger partial charge on any atom is -0.494 e. The zero-order valence-electron chi connectivity index (χ0n) is 19.2. The summed E-state index contributed by atoms with van der Waals surface area (Å²) >= 11 is 0. The van der Waals surface area contributed by atoms with E-state index in [-0.39, 0.29) is 41.6 Å². The molecule has 0 saturated heterocycles. The van der Waals surface area contributed by atoms with Crippen LogP contribution in [0, 0.1) is 17.6 Å². The Kier molecular flexibility index (Phi) is 7.72. The van der Waals surface area contributed by atoms with Crippen molar-refractivity contribution < 1.29 is 31.5 Å². The van der Waals surface area contributed by atoms with E-state index in [1.165, 1.54) is 19.2 Å². The largest absolute Gasteiger partial charge is 0.494 e. The van der Waals surface area contributed by atoms with Crippen LogP contribution in [-0.4, -0.2) is 22.9 Å². The lowest BCUT2D eigenvalue weighted by molar-refractivity contribution is -0.140. The molecule has 10 heteroatoms. The molecule has 1 N–H and O–H groups in total. The average Bonchev–Trinajstić information content (AvgIpc) is 2.76. The summed E-state index contributed by atoms with van der Waals surface area (Å²) in [5.74, 6) is -3.19. The summed E-state index contributed by atoms with van der Waals surface area (Å²) < 4.78 is 71.7. The fourth-order valence-corrected chi connectivity index (χ4v) is 3.78. The number of H-pyrrole nitrogens is 1. The van der Waals surface area contributed by atoms with E-state index < -0.39 is 40.6 Å². The van der Waals surface area contributed by atoms with Crippen molar-refractivity contribution in [2.24, 2.45) is 5.92 Å². The number of hydrogen-bond acceptors (Lipinski definition) is 4. The predicted octanol–water partition coefficient (Wildman–Crippen LogP) is 5.68. The second kappa shape index (κ2) is 10.4. The molecule has 0 saturated carbocycles. The molecule has 2 aromatic carbocycles. The van der Waals surface area contributed by atoms with Gasteiger partial charge in [0.15, 0.2) is 17.3 Å². The highest BCUT2D eigenvalue weighted by molar-refractivity contribution is 5.94. The fourth-order valence-electron chi connectivity index (χ4n) is 3.78. The van der Waals surface area contributed by atoms with Crippen molar-refractivity contribution in [2.45, 2.75) is 38.8 Å². The van der Waals surface area contributed by atoms with Crippen molar-refractivity contribution in [3.63, 3.8) is 0 Å². The number of Topliss-reactive ketones (excluding diaryl/α,β-unsaturated/α-hetero) is 1. The van der Waals surface area contributed by atoms with Crippen molar-refractivity contribution in [3.05, 3.63) is 92.7 Å². The maximum Gasteiger partial charge on any atom is 0.419 e. The fraction of sp³-hybridized carbons (Fsp3) is 0.320. The monoisotopic (exact) mass is 494 g/mol. The minimum absolute atomic E-state index is 0.0367. The predicted molar refractivity (Wildman–Crippen MR) is 119 cm³/mol. The van der Waals surface area contributed by atoms with Gasteiger partial charge in [-0.2, -0.15) is 13.2 Å². The van der Waals surface area contributed by atoms with Crippen LogP contribution in [0.25, 0.3) is 0 Å². The molecule has 0 aliphatic carbocycles. The number of aromatic nitrogens is 2. The van der Waals surface area contributed by atoms with E-state index in [2.05, 4.69) is 9.97 Å². The third-order valence-corrected chi connectivity index (χ3v) is 5.60. The summed E-state index contributed by atoms with van der Waals surface area (Å²) in [6.45, 7) is 3.50. The van der Waals surface area contributed by atoms with Gasteiger partial charge in [0.2, 0.25) is 0 Å². The summed E-state index contributed by atoms with van der Waals surface area (Å²) in [7, 11) is 1.33. The van der Waals surface area contributed by atoms with Gasteiger partial charge in [-0.25, -0.2) is 13.8 Å². The highest BCUT2D eigenvalue weighted by atomic mass is 19.4. The number of benzene rings is 2. The first kappa shape index (κ1) is 26.1. The molecule has 0 spiro atoms. The van der Waals surface area contributed by atoms with Crippen LogP contribution < -0.4 is 10.3 Å². The Morgan fingerprint density at radius 2 is 1.77 bits per heavy atom. The van der Waals surface area contributed by atoms with E-state index in [1.807, 2.05) is 0 Å². The Morgan fingerprint density at radius 3 is 2.34 bits per heavy atom. The molecular formula is C25H23F5N2O3. The molecule has 1 atom stereocenters. The van der Waals surface area contributed by atoms with Crippen LogP contribution in [0.2, 0.25) is 0 Å². The molecule has 0 unspecified atom stereocenters. The van der Waals surface area contributed by atoms with Crippen LogP contribution >= 0.6 is 0 Å². The first-order valence-electron chi connectivity index (χ1n) is 10.7. The number of carbonyl (C=O) groups excluding carboxylic acids is 1. The molecule has 1 aromatic heterocycles. The number of nitrogens with one attached hydrogen (secondary N) is 1. The number of ketones is 1. The van der Waals surface area contributed by atoms with E-state index in [9.17, 15) is 31.5 Å². The number of alkyl halides is 3. The van der Waals surface area contributed by atoms with Crippen molar-refractivity contribution in [2.75, 3.05) is 7.11 Å². The Bertz CT molecular complexity index is 1280. The molecule has 0 amide bonds. The third kappa shape index (κ3) is 6.32. The Morgan fingerprint density at radius 1 is 1.06 bits per heavy atom. The molecule has 0 fully saturated rings. The molecule has 0 bridgehead atoms. The number of carbonyl (C=O) groups is 1. The van der Waals surface area contributed by atoms with Gasteiger partial charge in [-0.3, -0.25) is 9.59 Å². The SMILES string of the molecule is COc1ccc(Cc2nc(C(=O)C[C@@H](c3ccc(C(F)(F)F)c(F)c3)C(C)C)cc(=O)[nH]2)cc1F. The van der Waals surface area contributed by atoms with Gasteiger partial charge in [-0.05, 0) is 47.2 Å². The quantitative estimate of drug-likeness (QED) is 0.323. The lowest BCUT2D eigenvalue weighted by Gasteiger charge is -2.21. The van der Waals surface area contributed by atoms with Gasteiger partial charge in [0.05, 0.1) is 12.7 Å². The van der Waals surface area contributed by atoms with Gasteiger partial charge in [0, 0.05) is 18.9 Å². The normalized spacial score (nSPS) is 12.6. The Balaban J connectivity index is 1.85. The molecule has 3 aromatic rings. The molecule has 186 valence electrons. The smallest absolute Gasteiger partial charge is 0.419 e. The number of rotatable bonds is 8. The van der Waals surface area contributed by atoms with Crippen LogP contribution in [-0.2, 0) is 12.6 Å². The van der Waals surface area contributed by atoms with Gasteiger partial charge < -0.3 is 9.72 Å². The summed E-state index contributed by atoms with van der Waals surface area (Å²) in [5, 5.41) is 0. The first-order valence-corrected chi connectivity index (χ1v) is 10.7. The maximum atomic E-state index is 14.1. The molecule has 35 heavy (non-hydrogen) atoms. The number of aromatic amines is 1. The molecule has 5 nitrogen and oxygen atoms in total. The van der Waals surface area contributed by atoms with Gasteiger partial charge in [0.25, 0.3) is 5.56 Å². The first-order chi connectivity index (χ1) is 16.4. The molecule has 1 heterocycles. The van der Waals surface area contributed by atoms with Gasteiger partial charge in [-0.15, -0.1) is 0 Å². The van der Waals surface area contributed by atoms with Gasteiger partial charge in [0.1, 0.15) is 17.3 Å². The highest BCUT2D eigenvalue weighted by Crippen LogP contribution is 2.35. The Labute approximate surface area is 198 Å².